The minimum Gasteiger partial charge on any atom is -0.208 e. The molecule has 208 valence electrons. The molecule has 0 fully saturated rings. The van der Waals surface area contributed by atoms with Crippen LogP contribution in [0.5, 0.6) is 0 Å². The molecule has 0 radical (unpaired) electrons. The van der Waals surface area contributed by atoms with Crippen LogP contribution in [0.4, 0.5) is 0 Å². The summed E-state index contributed by atoms with van der Waals surface area (Å²) in [5.74, 6) is 2.01. The Labute approximate surface area is 261 Å². The van der Waals surface area contributed by atoms with Gasteiger partial charge in [-0.05, 0) is 42.0 Å². The Bertz CT molecular complexity index is 2120. The average Bonchev–Trinajstić information content (AvgIpc) is 3.49. The van der Waals surface area contributed by atoms with Crippen molar-refractivity contribution in [1.82, 2.24) is 15.0 Å². The number of thiophene rings is 1. The molecule has 0 aliphatic rings. The van der Waals surface area contributed by atoms with Crippen molar-refractivity contribution in [2.24, 2.45) is 0 Å². The first-order valence-electron chi connectivity index (χ1n) is 14.5. The standard InChI is InChI=1S/C39H26N3PS/c1-5-15-27(16-6-1)37-40-38(28-17-7-2-8-18-28)42-39(41-37)29-25-33(36-32-23-13-14-24-34(32)44-35(36)26-29)43(30-19-9-3-10-20-30)31-21-11-4-12-22-31/h1-26H. The Balaban J connectivity index is 1.43. The molecule has 0 aliphatic carbocycles. The van der Waals surface area contributed by atoms with E-state index < -0.39 is 7.92 Å². The van der Waals surface area contributed by atoms with Gasteiger partial charge in [-0.15, -0.1) is 11.3 Å². The van der Waals surface area contributed by atoms with Crippen molar-refractivity contribution in [3.8, 4) is 34.2 Å². The summed E-state index contributed by atoms with van der Waals surface area (Å²) < 4.78 is 2.52. The summed E-state index contributed by atoms with van der Waals surface area (Å²) in [6, 6.07) is 55.5. The lowest BCUT2D eigenvalue weighted by atomic mass is 10.1. The van der Waals surface area contributed by atoms with Crippen LogP contribution in [-0.4, -0.2) is 15.0 Å². The highest BCUT2D eigenvalue weighted by Gasteiger charge is 2.23. The number of benzene rings is 6. The summed E-state index contributed by atoms with van der Waals surface area (Å²) in [5.41, 5.74) is 2.93. The average molecular weight is 600 g/mol. The lowest BCUT2D eigenvalue weighted by Gasteiger charge is -2.21. The van der Waals surface area contributed by atoms with Crippen LogP contribution < -0.4 is 15.9 Å². The quantitative estimate of drug-likeness (QED) is 0.179. The second-order valence-electron chi connectivity index (χ2n) is 10.5. The Kier molecular flexibility index (Phi) is 7.00. The van der Waals surface area contributed by atoms with Gasteiger partial charge in [-0.3, -0.25) is 0 Å². The van der Waals surface area contributed by atoms with Crippen LogP contribution in [-0.2, 0) is 0 Å². The summed E-state index contributed by atoms with van der Waals surface area (Å²) >= 11 is 1.83. The van der Waals surface area contributed by atoms with Crippen molar-refractivity contribution in [2.45, 2.75) is 0 Å². The van der Waals surface area contributed by atoms with E-state index in [0.29, 0.717) is 17.5 Å². The maximum absolute atomic E-state index is 5.10. The molecule has 0 aliphatic heterocycles. The van der Waals surface area contributed by atoms with E-state index in [-0.39, 0.29) is 0 Å². The van der Waals surface area contributed by atoms with Gasteiger partial charge in [0.1, 0.15) is 0 Å². The molecular formula is C39H26N3PS. The van der Waals surface area contributed by atoms with Gasteiger partial charge in [-0.1, -0.05) is 140 Å². The van der Waals surface area contributed by atoms with Crippen molar-refractivity contribution >= 4 is 55.3 Å². The Hall–Kier alpha value is -5.02. The Morgan fingerprint density at radius 1 is 0.409 bits per heavy atom. The fourth-order valence-corrected chi connectivity index (χ4v) is 9.43. The summed E-state index contributed by atoms with van der Waals surface area (Å²) in [4.78, 5) is 15.1. The topological polar surface area (TPSA) is 38.7 Å². The first-order valence-corrected chi connectivity index (χ1v) is 16.7. The van der Waals surface area contributed by atoms with Crippen molar-refractivity contribution in [2.75, 3.05) is 0 Å². The summed E-state index contributed by atoms with van der Waals surface area (Å²) in [7, 11) is -0.867. The smallest absolute Gasteiger partial charge is 0.164 e. The predicted octanol–water partition coefficient (Wildman–Crippen LogP) is 9.00. The first-order chi connectivity index (χ1) is 21.8. The second kappa shape index (κ2) is 11.6. The number of hydrogen-bond donors (Lipinski definition) is 0. The maximum atomic E-state index is 5.10. The molecule has 8 rings (SSSR count). The zero-order valence-corrected chi connectivity index (χ0v) is 25.4. The number of aromatic nitrogens is 3. The fourth-order valence-electron chi connectivity index (χ4n) is 5.66. The van der Waals surface area contributed by atoms with Crippen molar-refractivity contribution in [1.29, 1.82) is 0 Å². The molecule has 2 aromatic heterocycles. The van der Waals surface area contributed by atoms with Gasteiger partial charge >= 0.3 is 0 Å². The highest BCUT2D eigenvalue weighted by atomic mass is 32.1. The molecule has 0 saturated carbocycles. The van der Waals surface area contributed by atoms with E-state index in [2.05, 4.69) is 121 Å². The molecule has 3 nitrogen and oxygen atoms in total. The minimum atomic E-state index is -0.867. The third-order valence-electron chi connectivity index (χ3n) is 7.68. The van der Waals surface area contributed by atoms with Gasteiger partial charge in [-0.25, -0.2) is 15.0 Å². The predicted molar refractivity (Wildman–Crippen MR) is 188 cm³/mol. The van der Waals surface area contributed by atoms with Crippen LogP contribution in [0.3, 0.4) is 0 Å². The number of nitrogens with zero attached hydrogens (tertiary/aromatic N) is 3. The molecule has 8 aromatic rings. The SMILES string of the molecule is c1ccc(-c2nc(-c3ccccc3)nc(-c3cc(P(c4ccccc4)c4ccccc4)c4c(c3)sc3ccccc34)n2)cc1. The van der Waals surface area contributed by atoms with Gasteiger partial charge in [0.15, 0.2) is 17.5 Å². The molecule has 6 aromatic carbocycles. The third-order valence-corrected chi connectivity index (χ3v) is 11.3. The van der Waals surface area contributed by atoms with Crippen LogP contribution >= 0.6 is 19.3 Å². The van der Waals surface area contributed by atoms with E-state index in [1.807, 2.05) is 47.7 Å². The second-order valence-corrected chi connectivity index (χ2v) is 13.8. The Morgan fingerprint density at radius 2 is 0.864 bits per heavy atom. The van der Waals surface area contributed by atoms with Gasteiger partial charge in [0.05, 0.1) is 0 Å². The zero-order valence-electron chi connectivity index (χ0n) is 23.7. The van der Waals surface area contributed by atoms with Gasteiger partial charge in [0.2, 0.25) is 0 Å². The van der Waals surface area contributed by atoms with Gasteiger partial charge < -0.3 is 0 Å². The highest BCUT2D eigenvalue weighted by molar-refractivity contribution is 7.80. The van der Waals surface area contributed by atoms with Crippen LogP contribution in [0.15, 0.2) is 158 Å². The number of rotatable bonds is 6. The molecular weight excluding hydrogens is 573 g/mol. The van der Waals surface area contributed by atoms with E-state index in [4.69, 9.17) is 15.0 Å². The molecule has 2 heterocycles. The molecule has 0 spiro atoms. The minimum absolute atomic E-state index is 0.667. The summed E-state index contributed by atoms with van der Waals surface area (Å²) in [6.07, 6.45) is 0. The van der Waals surface area contributed by atoms with Crippen LogP contribution in [0.1, 0.15) is 0 Å². The number of fused-ring (bicyclic) bond motifs is 3. The first kappa shape index (κ1) is 26.6. The van der Waals surface area contributed by atoms with Crippen molar-refractivity contribution in [3.63, 3.8) is 0 Å². The Morgan fingerprint density at radius 3 is 1.41 bits per heavy atom. The monoisotopic (exact) mass is 599 g/mol. The summed E-state index contributed by atoms with van der Waals surface area (Å²) in [5, 5.41) is 6.54. The van der Waals surface area contributed by atoms with E-state index in [1.165, 1.54) is 36.1 Å². The highest BCUT2D eigenvalue weighted by Crippen LogP contribution is 2.43. The van der Waals surface area contributed by atoms with Gasteiger partial charge in [-0.2, -0.15) is 0 Å². The molecule has 0 bridgehead atoms. The number of hydrogen-bond acceptors (Lipinski definition) is 4. The zero-order chi connectivity index (χ0) is 29.3. The molecule has 5 heteroatoms. The molecule has 0 saturated heterocycles. The van der Waals surface area contributed by atoms with E-state index in [0.717, 1.165) is 16.7 Å². The largest absolute Gasteiger partial charge is 0.208 e. The van der Waals surface area contributed by atoms with Crippen molar-refractivity contribution < 1.29 is 0 Å². The van der Waals surface area contributed by atoms with Crippen molar-refractivity contribution in [3.05, 3.63) is 158 Å². The van der Waals surface area contributed by atoms with E-state index >= 15 is 0 Å². The van der Waals surface area contributed by atoms with E-state index in [1.54, 1.807) is 0 Å². The lowest BCUT2D eigenvalue weighted by Crippen LogP contribution is -2.21. The summed E-state index contributed by atoms with van der Waals surface area (Å²) in [6.45, 7) is 0. The van der Waals surface area contributed by atoms with Gasteiger partial charge in [0, 0.05) is 36.9 Å². The third kappa shape index (κ3) is 4.99. The molecule has 0 atom stereocenters. The fraction of sp³-hybridized carbons (Fsp3) is 0. The van der Waals surface area contributed by atoms with Crippen LogP contribution in [0, 0.1) is 0 Å². The maximum Gasteiger partial charge on any atom is 0.164 e. The van der Waals surface area contributed by atoms with Gasteiger partial charge in [0.25, 0.3) is 0 Å². The molecule has 0 unspecified atom stereocenters. The molecule has 0 N–H and O–H groups in total. The molecule has 44 heavy (non-hydrogen) atoms. The van der Waals surface area contributed by atoms with E-state index in [9.17, 15) is 0 Å². The normalized spacial score (nSPS) is 11.4. The van der Waals surface area contributed by atoms with Crippen LogP contribution in [0.2, 0.25) is 0 Å². The lowest BCUT2D eigenvalue weighted by molar-refractivity contribution is 1.07. The molecule has 0 amide bonds. The van der Waals surface area contributed by atoms with Crippen LogP contribution in [0.25, 0.3) is 54.3 Å².